The quantitative estimate of drug-likeness (QED) is 0.900. The molecule has 4 nitrogen and oxygen atoms in total. The Morgan fingerprint density at radius 2 is 2.06 bits per heavy atom. The maximum Gasteiger partial charge on any atom is 0.225 e. The molecule has 1 aromatic heterocycles. The molecule has 1 aliphatic heterocycles. The molecule has 2 heterocycles. The molecule has 0 saturated carbocycles. The highest BCUT2D eigenvalue weighted by atomic mass is 79.9. The zero-order valence-electron chi connectivity index (χ0n) is 9.49. The molecule has 0 radical (unpaired) electrons. The summed E-state index contributed by atoms with van der Waals surface area (Å²) in [5.41, 5.74) is 0. The minimum atomic E-state index is 0.552. The lowest BCUT2D eigenvalue weighted by Gasteiger charge is -2.26. The molecule has 1 saturated heterocycles. The first kappa shape index (κ1) is 11.8. The van der Waals surface area contributed by atoms with E-state index in [0.717, 1.165) is 29.9 Å². The molecular weight excluding hydrogens is 268 g/mol. The zero-order valence-corrected chi connectivity index (χ0v) is 11.1. The van der Waals surface area contributed by atoms with Crippen molar-refractivity contribution in [2.24, 2.45) is 0 Å². The summed E-state index contributed by atoms with van der Waals surface area (Å²) >= 11 is 3.35. The molecule has 1 atom stereocenters. The Morgan fingerprint density at radius 3 is 2.81 bits per heavy atom. The average Bonchev–Trinajstić information content (AvgIpc) is 2.57. The maximum atomic E-state index is 4.33. The highest BCUT2D eigenvalue weighted by Crippen LogP contribution is 2.17. The Hall–Kier alpha value is -0.680. The Bertz CT molecular complexity index is 319. The lowest BCUT2D eigenvalue weighted by Crippen LogP contribution is -2.33. The van der Waals surface area contributed by atoms with Crippen LogP contribution < -0.4 is 10.2 Å². The monoisotopic (exact) mass is 284 g/mol. The van der Waals surface area contributed by atoms with E-state index in [1.54, 1.807) is 12.4 Å². The second-order valence-corrected chi connectivity index (χ2v) is 5.06. The van der Waals surface area contributed by atoms with Crippen LogP contribution >= 0.6 is 15.9 Å². The van der Waals surface area contributed by atoms with Crippen LogP contribution in [0.4, 0.5) is 5.95 Å². The zero-order chi connectivity index (χ0) is 11.4. The van der Waals surface area contributed by atoms with Gasteiger partial charge in [-0.05, 0) is 48.3 Å². The lowest BCUT2D eigenvalue weighted by molar-refractivity contribution is 0.557. The molecule has 1 fully saturated rings. The van der Waals surface area contributed by atoms with Crippen LogP contribution in [0.15, 0.2) is 16.9 Å². The fourth-order valence-electron chi connectivity index (χ4n) is 2.04. The number of hydrogen-bond acceptors (Lipinski definition) is 4. The van der Waals surface area contributed by atoms with Crippen LogP contribution in [0.2, 0.25) is 0 Å². The Labute approximate surface area is 105 Å². The van der Waals surface area contributed by atoms with E-state index in [1.807, 2.05) is 0 Å². The van der Waals surface area contributed by atoms with Crippen molar-refractivity contribution in [3.63, 3.8) is 0 Å². The highest BCUT2D eigenvalue weighted by Gasteiger charge is 2.18. The molecule has 5 heteroatoms. The fourth-order valence-corrected chi connectivity index (χ4v) is 2.24. The lowest BCUT2D eigenvalue weighted by atomic mass is 10.1. The topological polar surface area (TPSA) is 41.1 Å². The van der Waals surface area contributed by atoms with Gasteiger partial charge < -0.3 is 10.2 Å². The highest BCUT2D eigenvalue weighted by molar-refractivity contribution is 9.10. The molecule has 0 amide bonds. The van der Waals surface area contributed by atoms with E-state index in [9.17, 15) is 0 Å². The van der Waals surface area contributed by atoms with Crippen LogP contribution in [0.5, 0.6) is 0 Å². The summed E-state index contributed by atoms with van der Waals surface area (Å²) in [7, 11) is 2.08. The SMILES string of the molecule is CN(c1ncc(Br)cn1)C1CCCNCC1. The van der Waals surface area contributed by atoms with Gasteiger partial charge in [-0.1, -0.05) is 0 Å². The van der Waals surface area contributed by atoms with E-state index in [-0.39, 0.29) is 0 Å². The summed E-state index contributed by atoms with van der Waals surface area (Å²) in [4.78, 5) is 10.9. The minimum absolute atomic E-state index is 0.552. The van der Waals surface area contributed by atoms with Gasteiger partial charge in [-0.15, -0.1) is 0 Å². The number of aromatic nitrogens is 2. The Kier molecular flexibility index (Phi) is 4.12. The summed E-state index contributed by atoms with van der Waals surface area (Å²) in [6.07, 6.45) is 7.20. The van der Waals surface area contributed by atoms with Gasteiger partial charge in [-0.2, -0.15) is 0 Å². The minimum Gasteiger partial charge on any atom is -0.341 e. The normalized spacial score (nSPS) is 21.5. The van der Waals surface area contributed by atoms with Crippen LogP contribution in [0.3, 0.4) is 0 Å². The molecule has 1 aliphatic rings. The number of anilines is 1. The molecule has 1 aromatic rings. The van der Waals surface area contributed by atoms with E-state index in [0.29, 0.717) is 6.04 Å². The molecule has 1 N–H and O–H groups in total. The molecule has 0 bridgehead atoms. The Morgan fingerprint density at radius 1 is 1.31 bits per heavy atom. The molecule has 88 valence electrons. The van der Waals surface area contributed by atoms with E-state index >= 15 is 0 Å². The predicted molar refractivity (Wildman–Crippen MR) is 68.6 cm³/mol. The first-order chi connectivity index (χ1) is 7.77. The number of hydrogen-bond donors (Lipinski definition) is 1. The van der Waals surface area contributed by atoms with Crippen LogP contribution in [0, 0.1) is 0 Å². The van der Waals surface area contributed by atoms with E-state index in [1.165, 1.54) is 12.8 Å². The molecule has 1 unspecified atom stereocenters. The van der Waals surface area contributed by atoms with Crippen molar-refractivity contribution >= 4 is 21.9 Å². The summed E-state index contributed by atoms with van der Waals surface area (Å²) in [6, 6.07) is 0.552. The van der Waals surface area contributed by atoms with Gasteiger partial charge in [-0.3, -0.25) is 0 Å². The van der Waals surface area contributed by atoms with Crippen molar-refractivity contribution in [3.05, 3.63) is 16.9 Å². The third-order valence-electron chi connectivity index (χ3n) is 3.02. The second-order valence-electron chi connectivity index (χ2n) is 4.15. The summed E-state index contributed by atoms with van der Waals surface area (Å²) in [5, 5.41) is 3.42. The van der Waals surface area contributed by atoms with Gasteiger partial charge in [0.2, 0.25) is 5.95 Å². The smallest absolute Gasteiger partial charge is 0.225 e. The maximum absolute atomic E-state index is 4.33. The molecule has 2 rings (SSSR count). The standard InChI is InChI=1S/C11H17BrN4/c1-16(10-3-2-5-13-6-4-10)11-14-7-9(12)8-15-11/h7-8,10,13H,2-6H2,1H3. The number of nitrogens with zero attached hydrogens (tertiary/aromatic N) is 3. The second kappa shape index (κ2) is 5.59. The van der Waals surface area contributed by atoms with Crippen molar-refractivity contribution in [1.29, 1.82) is 0 Å². The van der Waals surface area contributed by atoms with E-state index < -0.39 is 0 Å². The molecular formula is C11H17BrN4. The van der Waals surface area contributed by atoms with E-state index in [4.69, 9.17) is 0 Å². The van der Waals surface area contributed by atoms with Gasteiger partial charge in [-0.25, -0.2) is 9.97 Å². The molecule has 0 aromatic carbocycles. The van der Waals surface area contributed by atoms with E-state index in [2.05, 4.69) is 43.2 Å². The van der Waals surface area contributed by atoms with Gasteiger partial charge in [0.1, 0.15) is 0 Å². The number of rotatable bonds is 2. The van der Waals surface area contributed by atoms with Crippen molar-refractivity contribution in [3.8, 4) is 0 Å². The van der Waals surface area contributed by atoms with Crippen molar-refractivity contribution in [2.75, 3.05) is 25.0 Å². The van der Waals surface area contributed by atoms with Crippen LogP contribution in [-0.4, -0.2) is 36.1 Å². The third-order valence-corrected chi connectivity index (χ3v) is 3.42. The van der Waals surface area contributed by atoms with Crippen molar-refractivity contribution in [1.82, 2.24) is 15.3 Å². The average molecular weight is 285 g/mol. The fraction of sp³-hybridized carbons (Fsp3) is 0.636. The van der Waals surface area contributed by atoms with Crippen molar-refractivity contribution < 1.29 is 0 Å². The largest absolute Gasteiger partial charge is 0.341 e. The molecule has 16 heavy (non-hydrogen) atoms. The van der Waals surface area contributed by atoms with Gasteiger partial charge in [0.15, 0.2) is 0 Å². The first-order valence-electron chi connectivity index (χ1n) is 5.68. The van der Waals surface area contributed by atoms with Crippen LogP contribution in [0.25, 0.3) is 0 Å². The molecule has 0 aliphatic carbocycles. The summed E-state index contributed by atoms with van der Waals surface area (Å²) < 4.78 is 0.923. The van der Waals surface area contributed by atoms with Gasteiger partial charge >= 0.3 is 0 Å². The Balaban J connectivity index is 2.04. The van der Waals surface area contributed by atoms with Crippen LogP contribution in [-0.2, 0) is 0 Å². The van der Waals surface area contributed by atoms with Crippen LogP contribution in [0.1, 0.15) is 19.3 Å². The molecule has 0 spiro atoms. The van der Waals surface area contributed by atoms with Crippen molar-refractivity contribution in [2.45, 2.75) is 25.3 Å². The number of halogens is 1. The summed E-state index contributed by atoms with van der Waals surface area (Å²) in [5.74, 6) is 0.815. The number of nitrogens with one attached hydrogen (secondary N) is 1. The third kappa shape index (κ3) is 2.92. The first-order valence-corrected chi connectivity index (χ1v) is 6.48. The predicted octanol–water partition coefficient (Wildman–Crippen LogP) is 1.82. The summed E-state index contributed by atoms with van der Waals surface area (Å²) in [6.45, 7) is 2.22. The van der Waals surface area contributed by atoms with Gasteiger partial charge in [0.25, 0.3) is 0 Å². The van der Waals surface area contributed by atoms with Gasteiger partial charge in [0.05, 0.1) is 4.47 Å². The van der Waals surface area contributed by atoms with Gasteiger partial charge in [0, 0.05) is 25.5 Å².